The number of rotatable bonds is 7. The molecular weight excluding hydrogens is 246 g/mol. The third-order valence-corrected chi connectivity index (χ3v) is 4.55. The Balaban J connectivity index is 2.76. The summed E-state index contributed by atoms with van der Waals surface area (Å²) in [5.74, 6) is 0.554. The van der Waals surface area contributed by atoms with Crippen LogP contribution in [0.5, 0.6) is 0 Å². The van der Waals surface area contributed by atoms with E-state index in [1.54, 1.807) is 0 Å². The highest BCUT2D eigenvalue weighted by atomic mass is 32.2. The van der Waals surface area contributed by atoms with Gasteiger partial charge >= 0.3 is 0 Å². The summed E-state index contributed by atoms with van der Waals surface area (Å²) in [5.41, 5.74) is 2.20. The zero-order chi connectivity index (χ0) is 13.5. The van der Waals surface area contributed by atoms with Gasteiger partial charge in [0.15, 0.2) is 0 Å². The summed E-state index contributed by atoms with van der Waals surface area (Å²) in [6.07, 6.45) is 0.643. The van der Waals surface area contributed by atoms with Crippen LogP contribution in [0, 0.1) is 13.8 Å². The van der Waals surface area contributed by atoms with Crippen LogP contribution in [0.2, 0.25) is 0 Å². The van der Waals surface area contributed by atoms with Crippen LogP contribution >= 0.6 is 0 Å². The zero-order valence-electron chi connectivity index (χ0n) is 11.4. The van der Waals surface area contributed by atoms with E-state index in [1.165, 1.54) is 0 Å². The van der Waals surface area contributed by atoms with E-state index in [9.17, 15) is 4.21 Å². The molecule has 0 radical (unpaired) electrons. The summed E-state index contributed by atoms with van der Waals surface area (Å²) in [6.45, 7) is 6.97. The second-order valence-corrected chi connectivity index (χ2v) is 6.01. The van der Waals surface area contributed by atoms with Crippen LogP contribution in [-0.4, -0.2) is 34.3 Å². The lowest BCUT2D eigenvalue weighted by Crippen LogP contribution is -2.34. The number of benzene rings is 1. The van der Waals surface area contributed by atoms with Gasteiger partial charge in [-0.05, 0) is 44.0 Å². The summed E-state index contributed by atoms with van der Waals surface area (Å²) < 4.78 is 12.4. The number of aliphatic hydroxyl groups is 1. The number of hydrogen-bond acceptors (Lipinski definition) is 3. The molecule has 0 aliphatic carbocycles. The molecule has 18 heavy (non-hydrogen) atoms. The molecule has 0 fully saturated rings. The largest absolute Gasteiger partial charge is 0.396 e. The van der Waals surface area contributed by atoms with E-state index in [1.807, 2.05) is 39.0 Å². The Labute approximate surface area is 112 Å². The maximum atomic E-state index is 12.4. The van der Waals surface area contributed by atoms with Crippen molar-refractivity contribution >= 4 is 10.8 Å². The Morgan fingerprint density at radius 1 is 1.39 bits per heavy atom. The van der Waals surface area contributed by atoms with Gasteiger partial charge in [-0.1, -0.05) is 19.1 Å². The highest BCUT2D eigenvalue weighted by Crippen LogP contribution is 2.16. The summed E-state index contributed by atoms with van der Waals surface area (Å²) >= 11 is 0. The minimum atomic E-state index is -1.01. The Hall–Kier alpha value is -0.710. The van der Waals surface area contributed by atoms with Crippen molar-refractivity contribution in [2.45, 2.75) is 38.1 Å². The molecule has 0 saturated heterocycles. The SMILES string of the molecule is CCNC(CCO)CS(=O)c1cc(C)ccc1C. The lowest BCUT2D eigenvalue weighted by atomic mass is 10.2. The van der Waals surface area contributed by atoms with E-state index in [0.717, 1.165) is 22.6 Å². The minimum absolute atomic E-state index is 0.112. The maximum absolute atomic E-state index is 12.4. The summed E-state index contributed by atoms with van der Waals surface area (Å²) in [4.78, 5) is 0.913. The topological polar surface area (TPSA) is 49.3 Å². The van der Waals surface area contributed by atoms with Crippen LogP contribution in [0.25, 0.3) is 0 Å². The van der Waals surface area contributed by atoms with Gasteiger partial charge in [0.05, 0.1) is 10.8 Å². The van der Waals surface area contributed by atoms with Crippen molar-refractivity contribution in [1.82, 2.24) is 5.32 Å². The van der Waals surface area contributed by atoms with Crippen molar-refractivity contribution in [2.24, 2.45) is 0 Å². The first kappa shape index (κ1) is 15.3. The van der Waals surface area contributed by atoms with Crippen molar-refractivity contribution in [2.75, 3.05) is 18.9 Å². The van der Waals surface area contributed by atoms with Gasteiger partial charge in [-0.2, -0.15) is 0 Å². The average Bonchev–Trinajstić information content (AvgIpc) is 2.33. The van der Waals surface area contributed by atoms with Gasteiger partial charge in [-0.25, -0.2) is 0 Å². The third kappa shape index (κ3) is 4.52. The molecule has 0 aliphatic heterocycles. The van der Waals surface area contributed by atoms with Crippen LogP contribution in [0.1, 0.15) is 24.5 Å². The van der Waals surface area contributed by atoms with Gasteiger partial charge in [0.25, 0.3) is 0 Å². The lowest BCUT2D eigenvalue weighted by Gasteiger charge is -2.17. The quantitative estimate of drug-likeness (QED) is 0.793. The molecule has 0 aromatic heterocycles. The normalized spacial score (nSPS) is 14.4. The molecule has 2 unspecified atom stereocenters. The number of hydrogen-bond donors (Lipinski definition) is 2. The van der Waals surface area contributed by atoms with Crippen molar-refractivity contribution in [3.63, 3.8) is 0 Å². The standard InChI is InChI=1S/C14H23NO2S/c1-4-15-13(7-8-16)10-18(17)14-9-11(2)5-6-12(14)3/h5-6,9,13,15-16H,4,7-8,10H2,1-3H3. The van der Waals surface area contributed by atoms with Crippen molar-refractivity contribution in [3.05, 3.63) is 29.3 Å². The Morgan fingerprint density at radius 3 is 2.72 bits per heavy atom. The van der Waals surface area contributed by atoms with Gasteiger partial charge in [-0.3, -0.25) is 4.21 Å². The van der Waals surface area contributed by atoms with E-state index >= 15 is 0 Å². The molecule has 1 aromatic carbocycles. The van der Waals surface area contributed by atoms with E-state index < -0.39 is 10.8 Å². The van der Waals surface area contributed by atoms with Crippen LogP contribution < -0.4 is 5.32 Å². The number of nitrogens with one attached hydrogen (secondary N) is 1. The van der Waals surface area contributed by atoms with E-state index in [0.29, 0.717) is 12.2 Å². The first-order valence-corrected chi connectivity index (χ1v) is 7.70. The van der Waals surface area contributed by atoms with Crippen LogP contribution in [-0.2, 0) is 10.8 Å². The average molecular weight is 269 g/mol. The summed E-state index contributed by atoms with van der Waals surface area (Å²) in [5, 5.41) is 12.3. The predicted molar refractivity (Wildman–Crippen MR) is 76.4 cm³/mol. The van der Waals surface area contributed by atoms with E-state index in [4.69, 9.17) is 5.11 Å². The molecule has 0 amide bonds. The summed E-state index contributed by atoms with van der Waals surface area (Å²) in [7, 11) is -1.01. The number of aliphatic hydroxyl groups excluding tert-OH is 1. The lowest BCUT2D eigenvalue weighted by molar-refractivity contribution is 0.270. The second kappa shape index (κ2) is 7.67. The fraction of sp³-hybridized carbons (Fsp3) is 0.571. The van der Waals surface area contributed by atoms with E-state index in [-0.39, 0.29) is 12.6 Å². The third-order valence-electron chi connectivity index (χ3n) is 2.91. The summed E-state index contributed by atoms with van der Waals surface area (Å²) in [6, 6.07) is 6.15. The van der Waals surface area contributed by atoms with E-state index in [2.05, 4.69) is 5.32 Å². The Bertz CT molecular complexity index is 401. The first-order chi connectivity index (χ1) is 8.58. The Kier molecular flexibility index (Phi) is 6.54. The minimum Gasteiger partial charge on any atom is -0.396 e. The molecule has 0 aliphatic rings. The molecule has 2 atom stereocenters. The van der Waals surface area contributed by atoms with Crippen LogP contribution in [0.4, 0.5) is 0 Å². The monoisotopic (exact) mass is 269 g/mol. The maximum Gasteiger partial charge on any atom is 0.0548 e. The fourth-order valence-electron chi connectivity index (χ4n) is 1.91. The van der Waals surface area contributed by atoms with Gasteiger partial charge < -0.3 is 10.4 Å². The fourth-order valence-corrected chi connectivity index (χ4v) is 3.49. The van der Waals surface area contributed by atoms with Crippen molar-refractivity contribution in [1.29, 1.82) is 0 Å². The highest BCUT2D eigenvalue weighted by molar-refractivity contribution is 7.85. The second-order valence-electron chi connectivity index (χ2n) is 4.55. The smallest absolute Gasteiger partial charge is 0.0548 e. The van der Waals surface area contributed by atoms with Gasteiger partial charge in [-0.15, -0.1) is 0 Å². The Morgan fingerprint density at radius 2 is 2.11 bits per heavy atom. The van der Waals surface area contributed by atoms with Gasteiger partial charge in [0.2, 0.25) is 0 Å². The molecule has 0 bridgehead atoms. The molecule has 2 N–H and O–H groups in total. The van der Waals surface area contributed by atoms with Crippen molar-refractivity contribution in [3.8, 4) is 0 Å². The zero-order valence-corrected chi connectivity index (χ0v) is 12.2. The molecule has 1 rings (SSSR count). The molecule has 4 heteroatoms. The molecule has 0 heterocycles. The van der Waals surface area contributed by atoms with Gasteiger partial charge in [0.1, 0.15) is 0 Å². The van der Waals surface area contributed by atoms with Crippen molar-refractivity contribution < 1.29 is 9.32 Å². The molecule has 102 valence electrons. The molecule has 0 spiro atoms. The molecular formula is C14H23NO2S. The molecule has 3 nitrogen and oxygen atoms in total. The first-order valence-electron chi connectivity index (χ1n) is 6.38. The highest BCUT2D eigenvalue weighted by Gasteiger charge is 2.14. The molecule has 1 aromatic rings. The van der Waals surface area contributed by atoms with Crippen LogP contribution in [0.15, 0.2) is 23.1 Å². The predicted octanol–water partition coefficient (Wildman–Crippen LogP) is 1.77. The van der Waals surface area contributed by atoms with Gasteiger partial charge in [0, 0.05) is 23.3 Å². The van der Waals surface area contributed by atoms with Crippen LogP contribution in [0.3, 0.4) is 0 Å². The number of aryl methyl sites for hydroxylation is 2. The molecule has 0 saturated carbocycles.